The van der Waals surface area contributed by atoms with Gasteiger partial charge < -0.3 is 19.2 Å². The summed E-state index contributed by atoms with van der Waals surface area (Å²) in [5, 5.41) is 1.00. The Morgan fingerprint density at radius 1 is 0.778 bits per heavy atom. The summed E-state index contributed by atoms with van der Waals surface area (Å²) in [4.78, 5) is 40.4. The molecule has 0 radical (unpaired) electrons. The molecule has 0 aliphatic heterocycles. The Morgan fingerprint density at radius 3 is 2.15 bits per heavy atom. The molecule has 1 heterocycles. The van der Waals surface area contributed by atoms with Crippen molar-refractivity contribution in [2.24, 2.45) is 0 Å². The van der Waals surface area contributed by atoms with Gasteiger partial charge in [0, 0.05) is 10.8 Å². The molecule has 4 N–H and O–H groups in total. The van der Waals surface area contributed by atoms with Crippen molar-refractivity contribution in [2.75, 3.05) is 0 Å². The number of phosphoric ester groups is 1. The average Bonchev–Trinajstić information content (AvgIpc) is 2.49. The van der Waals surface area contributed by atoms with Gasteiger partial charge in [-0.25, -0.2) is 18.7 Å². The maximum absolute atomic E-state index is 12.0. The molecule has 11 nitrogen and oxygen atoms in total. The van der Waals surface area contributed by atoms with Crippen molar-refractivity contribution in [3.8, 4) is 5.75 Å². The van der Waals surface area contributed by atoms with Gasteiger partial charge in [0.15, 0.2) is 0 Å². The summed E-state index contributed by atoms with van der Waals surface area (Å²) in [6.45, 7) is 0. The van der Waals surface area contributed by atoms with E-state index in [4.69, 9.17) is 14.3 Å². The molecule has 1 aromatic heterocycles. The maximum atomic E-state index is 12.0. The number of fused-ring (bicyclic) bond motifs is 2. The monoisotopic (exact) mass is 435 g/mol. The molecular weight excluding hydrogens is 423 g/mol. The van der Waals surface area contributed by atoms with E-state index in [1.807, 2.05) is 0 Å². The van der Waals surface area contributed by atoms with Crippen molar-refractivity contribution in [1.29, 1.82) is 0 Å². The van der Waals surface area contributed by atoms with Crippen molar-refractivity contribution < 1.29 is 46.4 Å². The summed E-state index contributed by atoms with van der Waals surface area (Å²) in [6.07, 6.45) is 0. The smallest absolute Gasteiger partial charge is 0.403 e. The summed E-state index contributed by atoms with van der Waals surface area (Å²) in [5.41, 5.74) is 1.07. The van der Waals surface area contributed by atoms with Crippen LogP contribution in [-0.2, 0) is 22.3 Å². The molecule has 3 aromatic rings. The van der Waals surface area contributed by atoms with Crippen LogP contribution in [-0.4, -0.2) is 24.6 Å². The van der Waals surface area contributed by atoms with Crippen LogP contribution in [0.25, 0.3) is 21.8 Å². The standard InChI is InChI=1S/C13H12NO10P3/c15-25(16,17)23-27(20,21)24-26(18,19)22-13-7-3-6-12-10(13)8-9-4-1-2-5-11(9)14-12/h1-8H,(H,18,19)(H,20,21)(H2,15,16,17). The minimum Gasteiger partial charge on any atom is -0.403 e. The van der Waals surface area contributed by atoms with E-state index in [2.05, 4.69) is 13.6 Å². The van der Waals surface area contributed by atoms with Gasteiger partial charge in [-0.3, -0.25) is 4.89 Å². The lowest BCUT2D eigenvalue weighted by Crippen LogP contribution is -1.99. The van der Waals surface area contributed by atoms with Gasteiger partial charge in [-0.1, -0.05) is 24.3 Å². The van der Waals surface area contributed by atoms with Crippen LogP contribution in [0.15, 0.2) is 48.5 Å². The molecule has 2 unspecified atom stereocenters. The predicted molar refractivity (Wildman–Crippen MR) is 93.7 cm³/mol. The summed E-state index contributed by atoms with van der Waals surface area (Å²) in [6, 6.07) is 13.1. The van der Waals surface area contributed by atoms with Crippen LogP contribution in [0.5, 0.6) is 5.75 Å². The summed E-state index contributed by atoms with van der Waals surface area (Å²) in [5.74, 6) is -0.201. The van der Waals surface area contributed by atoms with E-state index in [0.29, 0.717) is 21.8 Å². The van der Waals surface area contributed by atoms with Gasteiger partial charge in [-0.15, -0.1) is 0 Å². The first-order chi connectivity index (χ1) is 12.4. The maximum Gasteiger partial charge on any atom is 0.536 e. The van der Waals surface area contributed by atoms with Gasteiger partial charge >= 0.3 is 23.5 Å². The van der Waals surface area contributed by atoms with E-state index in [-0.39, 0.29) is 5.75 Å². The third kappa shape index (κ3) is 5.21. The third-order valence-electron chi connectivity index (χ3n) is 3.15. The average molecular weight is 435 g/mol. The van der Waals surface area contributed by atoms with Gasteiger partial charge in [0.25, 0.3) is 0 Å². The zero-order chi connectivity index (χ0) is 19.9. The van der Waals surface area contributed by atoms with E-state index in [1.165, 1.54) is 12.1 Å². The van der Waals surface area contributed by atoms with Crippen molar-refractivity contribution >= 4 is 45.3 Å². The molecule has 0 aliphatic carbocycles. The number of hydrogen-bond donors (Lipinski definition) is 4. The van der Waals surface area contributed by atoms with Crippen LogP contribution >= 0.6 is 23.5 Å². The van der Waals surface area contributed by atoms with Gasteiger partial charge in [-0.2, -0.15) is 8.62 Å². The Morgan fingerprint density at radius 2 is 1.44 bits per heavy atom. The summed E-state index contributed by atoms with van der Waals surface area (Å²) in [7, 11) is -16.3. The number of pyridine rings is 1. The molecule has 2 aromatic carbocycles. The summed E-state index contributed by atoms with van der Waals surface area (Å²) < 4.78 is 46.3. The van der Waals surface area contributed by atoms with Crippen molar-refractivity contribution in [3.63, 3.8) is 0 Å². The van der Waals surface area contributed by atoms with E-state index in [9.17, 15) is 23.5 Å². The molecule has 14 heteroatoms. The van der Waals surface area contributed by atoms with Crippen LogP contribution in [0.1, 0.15) is 0 Å². The zero-order valence-electron chi connectivity index (χ0n) is 13.1. The molecule has 0 fully saturated rings. The van der Waals surface area contributed by atoms with Crippen LogP contribution in [0.4, 0.5) is 0 Å². The molecule has 0 spiro atoms. The van der Waals surface area contributed by atoms with Crippen molar-refractivity contribution in [3.05, 3.63) is 48.5 Å². The number of hydrogen-bond acceptors (Lipinski definition) is 7. The van der Waals surface area contributed by atoms with E-state index < -0.39 is 23.5 Å². The van der Waals surface area contributed by atoms with E-state index >= 15 is 0 Å². The van der Waals surface area contributed by atoms with Crippen LogP contribution in [0.3, 0.4) is 0 Å². The Bertz CT molecular complexity index is 1160. The first-order valence-corrected chi connectivity index (χ1v) is 11.6. The first kappa shape index (κ1) is 20.1. The summed E-state index contributed by atoms with van der Waals surface area (Å²) >= 11 is 0. The first-order valence-electron chi connectivity index (χ1n) is 7.06. The molecule has 0 saturated carbocycles. The molecule has 0 saturated heterocycles. The lowest BCUT2D eigenvalue weighted by Gasteiger charge is -2.17. The number of rotatable bonds is 6. The molecule has 0 aliphatic rings. The predicted octanol–water partition coefficient (Wildman–Crippen LogP) is 3.09. The molecule has 27 heavy (non-hydrogen) atoms. The SMILES string of the molecule is O=P(O)(O)OP(=O)(O)OP(=O)(O)Oc1cccc2nc3ccccc3cc12. The van der Waals surface area contributed by atoms with Crippen molar-refractivity contribution in [2.45, 2.75) is 0 Å². The second-order valence-electron chi connectivity index (χ2n) is 5.19. The Kier molecular flexibility index (Phi) is 5.26. The largest absolute Gasteiger partial charge is 0.536 e. The van der Waals surface area contributed by atoms with Gasteiger partial charge in [-0.05, 0) is 24.3 Å². The van der Waals surface area contributed by atoms with E-state index in [1.54, 1.807) is 36.4 Å². The molecule has 0 amide bonds. The minimum atomic E-state index is -5.59. The quantitative estimate of drug-likeness (QED) is 0.331. The lowest BCUT2D eigenvalue weighted by atomic mass is 10.1. The fourth-order valence-electron chi connectivity index (χ4n) is 2.27. The number of nitrogens with zero attached hydrogens (tertiary/aromatic N) is 1. The zero-order valence-corrected chi connectivity index (χ0v) is 15.8. The number of phosphoric acid groups is 3. The Hall–Kier alpha value is -1.64. The lowest BCUT2D eigenvalue weighted by molar-refractivity contribution is 0.207. The highest BCUT2D eigenvalue weighted by molar-refractivity contribution is 7.66. The number of aromatic nitrogens is 1. The highest BCUT2D eigenvalue weighted by Gasteiger charge is 2.41. The fourth-order valence-corrected chi connectivity index (χ4v) is 5.32. The van der Waals surface area contributed by atoms with Gasteiger partial charge in [0.05, 0.1) is 11.0 Å². The normalized spacial score (nSPS) is 16.7. The number of para-hydroxylation sites is 1. The van der Waals surface area contributed by atoms with Crippen LogP contribution < -0.4 is 4.52 Å². The Labute approximate surface area is 151 Å². The number of benzene rings is 2. The topological polar surface area (TPSA) is 173 Å². The van der Waals surface area contributed by atoms with Gasteiger partial charge in [0.1, 0.15) is 5.75 Å². The van der Waals surface area contributed by atoms with Crippen LogP contribution in [0.2, 0.25) is 0 Å². The third-order valence-corrected chi connectivity index (χ3v) is 6.90. The highest BCUT2D eigenvalue weighted by atomic mass is 31.3. The molecule has 3 rings (SSSR count). The second-order valence-corrected chi connectivity index (χ2v) is 9.53. The molecule has 2 atom stereocenters. The molecule has 144 valence electrons. The van der Waals surface area contributed by atoms with Gasteiger partial charge in [0.2, 0.25) is 0 Å². The Balaban J connectivity index is 1.95. The molecular formula is C13H12NO10P3. The highest BCUT2D eigenvalue weighted by Crippen LogP contribution is 2.66. The van der Waals surface area contributed by atoms with E-state index in [0.717, 1.165) is 0 Å². The minimum absolute atomic E-state index is 0.201. The second kappa shape index (κ2) is 7.07. The van der Waals surface area contributed by atoms with Crippen molar-refractivity contribution in [1.82, 2.24) is 4.98 Å². The molecule has 0 bridgehead atoms. The fraction of sp³-hybridized carbons (Fsp3) is 0. The van der Waals surface area contributed by atoms with Crippen LogP contribution in [0, 0.1) is 0 Å².